The van der Waals surface area contributed by atoms with Crippen LogP contribution in [0, 0.1) is 11.8 Å². The molecule has 0 unspecified atom stereocenters. The number of anilines is 1. The predicted molar refractivity (Wildman–Crippen MR) is 136 cm³/mol. The summed E-state index contributed by atoms with van der Waals surface area (Å²) in [4.78, 5) is 15.8. The van der Waals surface area contributed by atoms with Crippen LogP contribution in [0.4, 0.5) is 5.69 Å². The van der Waals surface area contributed by atoms with Gasteiger partial charge in [0.25, 0.3) is 0 Å². The summed E-state index contributed by atoms with van der Waals surface area (Å²) in [6.45, 7) is 2.02. The smallest absolute Gasteiger partial charge is 0.108 e. The third-order valence-electron chi connectivity index (χ3n) is 6.42. The fourth-order valence-electron chi connectivity index (χ4n) is 4.53. The highest BCUT2D eigenvalue weighted by atomic mass is 15.1. The Hall–Kier alpha value is -4.21. The number of nitrogens with zero attached hydrogens (tertiary/aromatic N) is 5. The first-order chi connectivity index (χ1) is 16.7. The van der Waals surface area contributed by atoms with Crippen LogP contribution in [0.5, 0.6) is 0 Å². The normalized spacial score (nSPS) is 14.3. The molecule has 1 fully saturated rings. The highest BCUT2D eigenvalue weighted by Gasteiger charge is 2.17. The zero-order valence-corrected chi connectivity index (χ0v) is 18.7. The molecule has 166 valence electrons. The maximum Gasteiger partial charge on any atom is 0.108 e. The van der Waals surface area contributed by atoms with Crippen molar-refractivity contribution in [1.82, 2.24) is 19.5 Å². The summed E-state index contributed by atoms with van der Waals surface area (Å²) in [7, 11) is 0. The minimum atomic E-state index is 0.327. The van der Waals surface area contributed by atoms with Gasteiger partial charge in [-0.25, -0.2) is 4.98 Å². The molecular formula is C28H24N6. The second kappa shape index (κ2) is 8.62. The van der Waals surface area contributed by atoms with Crippen molar-refractivity contribution in [2.45, 2.75) is 18.9 Å². The molecule has 0 bridgehead atoms. The fourth-order valence-corrected chi connectivity index (χ4v) is 4.53. The summed E-state index contributed by atoms with van der Waals surface area (Å²) in [5.41, 5.74) is 13.0. The van der Waals surface area contributed by atoms with Crippen molar-refractivity contribution >= 4 is 27.6 Å². The van der Waals surface area contributed by atoms with Crippen molar-refractivity contribution in [3.05, 3.63) is 90.6 Å². The third kappa shape index (κ3) is 3.87. The molecule has 5 aromatic rings. The molecule has 0 spiro atoms. The number of hydrogen-bond donors (Lipinski definition) is 1. The van der Waals surface area contributed by atoms with E-state index in [1.54, 1.807) is 12.4 Å². The van der Waals surface area contributed by atoms with Gasteiger partial charge in [0.1, 0.15) is 11.8 Å². The lowest BCUT2D eigenvalue weighted by Gasteiger charge is -2.32. The summed E-state index contributed by atoms with van der Waals surface area (Å²) in [5, 5.41) is 1.03. The second-order valence-corrected chi connectivity index (χ2v) is 8.67. The standard InChI is InChI=1S/C28H24N6/c29-22-11-14-33(15-12-22)23-6-8-24(9-7-23)34-19-32-27-18-31-26-10-5-20(16-25(26)28(27)34)3-4-21-2-1-13-30-17-21/h1-2,5-10,13,16-19,22H,11-12,14-15,29H2. The van der Waals surface area contributed by atoms with E-state index in [0.717, 1.165) is 64.7 Å². The minimum absolute atomic E-state index is 0.327. The Kier molecular flexibility index (Phi) is 5.17. The average molecular weight is 445 g/mol. The third-order valence-corrected chi connectivity index (χ3v) is 6.42. The summed E-state index contributed by atoms with van der Waals surface area (Å²) in [6.07, 6.45) is 9.30. The second-order valence-electron chi connectivity index (χ2n) is 8.67. The Morgan fingerprint density at radius 3 is 2.41 bits per heavy atom. The first-order valence-corrected chi connectivity index (χ1v) is 11.5. The highest BCUT2D eigenvalue weighted by molar-refractivity contribution is 6.03. The molecule has 6 heteroatoms. The van der Waals surface area contributed by atoms with Gasteiger partial charge in [-0.3, -0.25) is 14.5 Å². The molecule has 1 aliphatic rings. The van der Waals surface area contributed by atoms with E-state index in [1.165, 1.54) is 5.69 Å². The van der Waals surface area contributed by atoms with Gasteiger partial charge >= 0.3 is 0 Å². The minimum Gasteiger partial charge on any atom is -0.371 e. The Bertz CT molecular complexity index is 1520. The Morgan fingerprint density at radius 2 is 1.62 bits per heavy atom. The number of nitrogens with two attached hydrogens (primary N) is 1. The van der Waals surface area contributed by atoms with E-state index in [1.807, 2.05) is 36.8 Å². The number of rotatable bonds is 2. The predicted octanol–water partition coefficient (Wildman–Crippen LogP) is 4.30. The monoisotopic (exact) mass is 444 g/mol. The fraction of sp³-hybridized carbons (Fsp3) is 0.179. The van der Waals surface area contributed by atoms with Crippen LogP contribution in [0.1, 0.15) is 24.0 Å². The topological polar surface area (TPSA) is 72.9 Å². The van der Waals surface area contributed by atoms with Gasteiger partial charge in [0.2, 0.25) is 0 Å². The van der Waals surface area contributed by atoms with E-state index in [4.69, 9.17) is 5.73 Å². The van der Waals surface area contributed by atoms with Gasteiger partial charge < -0.3 is 10.6 Å². The molecule has 1 aliphatic heterocycles. The van der Waals surface area contributed by atoms with Gasteiger partial charge in [0, 0.05) is 59.4 Å². The molecule has 6 nitrogen and oxygen atoms in total. The molecule has 0 aliphatic carbocycles. The van der Waals surface area contributed by atoms with Crippen LogP contribution < -0.4 is 10.6 Å². The van der Waals surface area contributed by atoms with Crippen molar-refractivity contribution in [3.8, 4) is 17.5 Å². The number of aromatic nitrogens is 4. The van der Waals surface area contributed by atoms with Crippen molar-refractivity contribution in [1.29, 1.82) is 0 Å². The molecule has 2 N–H and O–H groups in total. The molecule has 2 aromatic carbocycles. The van der Waals surface area contributed by atoms with Gasteiger partial charge in [-0.1, -0.05) is 11.8 Å². The van der Waals surface area contributed by atoms with Gasteiger partial charge in [0.05, 0.1) is 17.2 Å². The SMILES string of the molecule is NC1CCN(c2ccc(-n3cnc4cnc5ccc(C#Cc6cccnc6)cc5c43)cc2)CC1. The maximum absolute atomic E-state index is 6.07. The summed E-state index contributed by atoms with van der Waals surface area (Å²) < 4.78 is 2.13. The Morgan fingerprint density at radius 1 is 0.824 bits per heavy atom. The number of imidazole rings is 1. The van der Waals surface area contributed by atoms with Crippen molar-refractivity contribution in [2.24, 2.45) is 5.73 Å². The van der Waals surface area contributed by atoms with E-state index in [9.17, 15) is 0 Å². The number of piperidine rings is 1. The zero-order chi connectivity index (χ0) is 22.9. The Balaban J connectivity index is 1.38. The van der Waals surface area contributed by atoms with Crippen LogP contribution in [-0.4, -0.2) is 38.7 Å². The van der Waals surface area contributed by atoms with Crippen molar-refractivity contribution in [3.63, 3.8) is 0 Å². The van der Waals surface area contributed by atoms with Crippen molar-refractivity contribution in [2.75, 3.05) is 18.0 Å². The molecular weight excluding hydrogens is 420 g/mol. The molecule has 4 heterocycles. The van der Waals surface area contributed by atoms with Crippen LogP contribution in [0.15, 0.2) is 79.5 Å². The van der Waals surface area contributed by atoms with Gasteiger partial charge in [-0.15, -0.1) is 0 Å². The summed E-state index contributed by atoms with van der Waals surface area (Å²) in [5.74, 6) is 6.44. The largest absolute Gasteiger partial charge is 0.371 e. The number of benzene rings is 2. The van der Waals surface area contributed by atoms with Gasteiger partial charge in [-0.05, 0) is 67.4 Å². The van der Waals surface area contributed by atoms with Gasteiger partial charge in [-0.2, -0.15) is 0 Å². The molecule has 34 heavy (non-hydrogen) atoms. The van der Waals surface area contributed by atoms with E-state index < -0.39 is 0 Å². The summed E-state index contributed by atoms with van der Waals surface area (Å²) >= 11 is 0. The molecule has 6 rings (SSSR count). The van der Waals surface area contributed by atoms with E-state index in [2.05, 4.69) is 66.6 Å². The van der Waals surface area contributed by atoms with Crippen molar-refractivity contribution < 1.29 is 0 Å². The number of pyridine rings is 2. The molecule has 1 saturated heterocycles. The first kappa shape index (κ1) is 20.4. The average Bonchev–Trinajstić information content (AvgIpc) is 3.33. The van der Waals surface area contributed by atoms with Crippen LogP contribution in [0.3, 0.4) is 0 Å². The highest BCUT2D eigenvalue weighted by Crippen LogP contribution is 2.28. The van der Waals surface area contributed by atoms with E-state index >= 15 is 0 Å². The Labute approximate surface area is 198 Å². The number of fused-ring (bicyclic) bond motifs is 3. The molecule has 0 atom stereocenters. The van der Waals surface area contributed by atoms with Gasteiger partial charge in [0.15, 0.2) is 0 Å². The van der Waals surface area contributed by atoms with E-state index in [0.29, 0.717) is 6.04 Å². The lowest BCUT2D eigenvalue weighted by atomic mass is 10.1. The lowest BCUT2D eigenvalue weighted by Crippen LogP contribution is -2.39. The molecule has 0 amide bonds. The van der Waals surface area contributed by atoms with E-state index in [-0.39, 0.29) is 0 Å². The lowest BCUT2D eigenvalue weighted by molar-refractivity contribution is 0.501. The number of hydrogen-bond acceptors (Lipinski definition) is 5. The zero-order valence-electron chi connectivity index (χ0n) is 18.7. The molecule has 0 saturated carbocycles. The summed E-state index contributed by atoms with van der Waals surface area (Å²) in [6, 6.07) is 19.0. The molecule has 3 aromatic heterocycles. The molecule has 0 radical (unpaired) electrons. The van der Waals surface area contributed by atoms with Crippen LogP contribution in [0.2, 0.25) is 0 Å². The van der Waals surface area contributed by atoms with Crippen LogP contribution in [-0.2, 0) is 0 Å². The van der Waals surface area contributed by atoms with Crippen LogP contribution >= 0.6 is 0 Å². The maximum atomic E-state index is 6.07. The first-order valence-electron chi connectivity index (χ1n) is 11.5. The van der Waals surface area contributed by atoms with Crippen LogP contribution in [0.25, 0.3) is 27.6 Å². The quantitative estimate of drug-likeness (QED) is 0.411.